The molecule has 2 aromatic carbocycles. The molecule has 1 atom stereocenters. The van der Waals surface area contributed by atoms with E-state index in [0.717, 1.165) is 51.5 Å². The lowest BCUT2D eigenvalue weighted by molar-refractivity contribution is -0.141. The van der Waals surface area contributed by atoms with E-state index in [1.807, 2.05) is 0 Å². The number of imide groups is 1. The van der Waals surface area contributed by atoms with Crippen LogP contribution in [0.25, 0.3) is 10.2 Å². The van der Waals surface area contributed by atoms with Crippen LogP contribution in [0, 0.1) is 11.3 Å². The number of hydrogen-bond donors (Lipinski definition) is 5. The van der Waals surface area contributed by atoms with Gasteiger partial charge in [-0.2, -0.15) is 13.2 Å². The third-order valence-corrected chi connectivity index (χ3v) is 13.5. The summed E-state index contributed by atoms with van der Waals surface area (Å²) in [6, 6.07) is 10.6. The molecule has 4 aliphatic rings. The molecule has 344 valence electrons. The van der Waals surface area contributed by atoms with Gasteiger partial charge in [-0.25, -0.2) is 9.97 Å². The van der Waals surface area contributed by atoms with Gasteiger partial charge in [0.2, 0.25) is 0 Å². The summed E-state index contributed by atoms with van der Waals surface area (Å²) in [5.74, 6) is -1.84. The molecule has 0 bridgehead atoms. The zero-order valence-corrected chi connectivity index (χ0v) is 37.3. The van der Waals surface area contributed by atoms with E-state index in [0.29, 0.717) is 47.0 Å². The average molecular weight is 908 g/mol. The quantitative estimate of drug-likeness (QED) is 0.0647. The standard InChI is InChI=1S/C23H24F3N3O2S.C22H27N3O5.CH5N/c1-22(2,31)14-11-17-18(32-21(29-17)13-7-4-3-5-8-13)12-16(14)28-20(30)15-9-6-10-19(27-15)23(24,25)26;1-24-12-22(13-24)9-14(10-22)7-8-23-17-4-2-3-16-19(17)21(30)25(20(16)29)15(11-26)5-6-18(27)28;1-2/h6,9-13,31H,3-5,7-8H2,1-2H3,(H,28,30);2-4,11,14-15,23H,5-10,12-13H2,1H3,(H,27,28);2H2,1H3. The van der Waals surface area contributed by atoms with Crippen LogP contribution >= 0.6 is 11.3 Å². The Labute approximate surface area is 373 Å². The Morgan fingerprint density at radius 2 is 1.69 bits per heavy atom. The van der Waals surface area contributed by atoms with Crippen molar-refractivity contribution in [2.24, 2.45) is 17.1 Å². The summed E-state index contributed by atoms with van der Waals surface area (Å²) < 4.78 is 39.8. The third-order valence-electron chi connectivity index (χ3n) is 12.3. The maximum atomic E-state index is 13.0. The number of carboxylic acids is 1. The van der Waals surface area contributed by atoms with Crippen LogP contribution in [0.15, 0.2) is 48.5 Å². The van der Waals surface area contributed by atoms with Gasteiger partial charge in [-0.15, -0.1) is 11.3 Å². The van der Waals surface area contributed by atoms with E-state index in [-0.39, 0.29) is 29.7 Å². The van der Waals surface area contributed by atoms with Crippen molar-refractivity contribution in [1.29, 1.82) is 0 Å². The number of hydrogen-bond acceptors (Lipinski definition) is 12. The van der Waals surface area contributed by atoms with Gasteiger partial charge in [0, 0.05) is 48.9 Å². The fraction of sp³-hybridized carbons (Fsp3) is 0.500. The summed E-state index contributed by atoms with van der Waals surface area (Å²) in [6.45, 7) is 6.26. The highest BCUT2D eigenvalue weighted by Gasteiger charge is 2.50. The van der Waals surface area contributed by atoms with Crippen LogP contribution in [0.1, 0.15) is 131 Å². The molecular weight excluding hydrogens is 852 g/mol. The molecular formula is C46H56F3N7O7S. The Balaban J connectivity index is 0.000000205. The molecule has 18 heteroatoms. The number of halogens is 3. The Kier molecular flexibility index (Phi) is 14.9. The predicted octanol–water partition coefficient (Wildman–Crippen LogP) is 7.67. The molecule has 0 radical (unpaired) electrons. The zero-order chi connectivity index (χ0) is 46.6. The van der Waals surface area contributed by atoms with E-state index in [4.69, 9.17) is 10.1 Å². The normalized spacial score (nSPS) is 17.9. The minimum Gasteiger partial charge on any atom is -0.481 e. The highest BCUT2D eigenvalue weighted by atomic mass is 32.1. The van der Waals surface area contributed by atoms with Crippen LogP contribution in [0.3, 0.4) is 0 Å². The van der Waals surface area contributed by atoms with Crippen LogP contribution in [0.2, 0.25) is 0 Å². The number of fused-ring (bicyclic) bond motifs is 2. The van der Waals surface area contributed by atoms with Gasteiger partial charge in [0.15, 0.2) is 0 Å². The zero-order valence-electron chi connectivity index (χ0n) is 36.5. The minimum absolute atomic E-state index is 0.0916. The number of rotatable bonds is 13. The molecule has 2 aliphatic heterocycles. The summed E-state index contributed by atoms with van der Waals surface area (Å²) in [7, 11) is 3.65. The van der Waals surface area contributed by atoms with Gasteiger partial charge in [-0.1, -0.05) is 31.4 Å². The average Bonchev–Trinajstić information content (AvgIpc) is 3.77. The number of aliphatic hydroxyl groups is 1. The first-order chi connectivity index (χ1) is 30.4. The van der Waals surface area contributed by atoms with E-state index in [9.17, 15) is 42.3 Å². The lowest BCUT2D eigenvalue weighted by Crippen LogP contribution is -2.60. The predicted molar refractivity (Wildman–Crippen MR) is 237 cm³/mol. The van der Waals surface area contributed by atoms with Gasteiger partial charge in [-0.05, 0) is 114 Å². The summed E-state index contributed by atoms with van der Waals surface area (Å²) in [5.41, 5.74) is 4.87. The number of aliphatic carboxylic acids is 1. The van der Waals surface area contributed by atoms with Crippen molar-refractivity contribution >= 4 is 62.9 Å². The molecule has 1 unspecified atom stereocenters. The molecule has 4 aromatic rings. The highest BCUT2D eigenvalue weighted by molar-refractivity contribution is 7.18. The summed E-state index contributed by atoms with van der Waals surface area (Å²) >= 11 is 1.56. The number of aromatic nitrogens is 2. The number of amides is 3. The number of pyridine rings is 1. The van der Waals surface area contributed by atoms with Crippen molar-refractivity contribution in [3.8, 4) is 0 Å². The molecule has 14 nitrogen and oxygen atoms in total. The van der Waals surface area contributed by atoms with Crippen LogP contribution in [-0.4, -0.2) is 99.7 Å². The van der Waals surface area contributed by atoms with Crippen LogP contribution in [0.4, 0.5) is 24.5 Å². The fourth-order valence-electron chi connectivity index (χ4n) is 9.45. The number of thiazole rings is 1. The van der Waals surface area contributed by atoms with Gasteiger partial charge in [0.1, 0.15) is 17.7 Å². The topological polar surface area (TPSA) is 208 Å². The van der Waals surface area contributed by atoms with E-state index in [1.54, 1.807) is 55.5 Å². The van der Waals surface area contributed by atoms with E-state index >= 15 is 0 Å². The van der Waals surface area contributed by atoms with Crippen molar-refractivity contribution in [2.75, 3.05) is 44.4 Å². The molecule has 2 aliphatic carbocycles. The Hall–Kier alpha value is -5.30. The lowest BCUT2D eigenvalue weighted by Gasteiger charge is -2.58. The highest BCUT2D eigenvalue weighted by Crippen LogP contribution is 2.52. The Bertz CT molecular complexity index is 2360. The first-order valence-electron chi connectivity index (χ1n) is 21.6. The Morgan fingerprint density at radius 1 is 1.00 bits per heavy atom. The molecule has 3 fully saturated rings. The number of benzene rings is 2. The first kappa shape index (κ1) is 48.2. The van der Waals surface area contributed by atoms with E-state index < -0.39 is 47.2 Å². The van der Waals surface area contributed by atoms with Crippen molar-refractivity contribution in [1.82, 2.24) is 19.8 Å². The molecule has 64 heavy (non-hydrogen) atoms. The third kappa shape index (κ3) is 10.8. The smallest absolute Gasteiger partial charge is 0.433 e. The summed E-state index contributed by atoms with van der Waals surface area (Å²) in [5, 5.41) is 26.5. The van der Waals surface area contributed by atoms with Gasteiger partial charge < -0.3 is 36.3 Å². The van der Waals surface area contributed by atoms with Crippen molar-refractivity contribution in [2.45, 2.75) is 102 Å². The van der Waals surface area contributed by atoms with Gasteiger partial charge in [0.25, 0.3) is 17.7 Å². The maximum Gasteiger partial charge on any atom is 0.433 e. The number of likely N-dealkylation sites (tertiary alicyclic amines) is 1. The number of nitrogens with one attached hydrogen (secondary N) is 2. The van der Waals surface area contributed by atoms with E-state index in [1.165, 1.54) is 58.3 Å². The van der Waals surface area contributed by atoms with E-state index in [2.05, 4.69) is 33.3 Å². The fourth-order valence-corrected chi connectivity index (χ4v) is 10.6. The molecule has 1 saturated heterocycles. The van der Waals surface area contributed by atoms with Crippen LogP contribution in [0.5, 0.6) is 0 Å². The number of nitrogens with zero attached hydrogens (tertiary/aromatic N) is 4. The Morgan fingerprint density at radius 3 is 2.31 bits per heavy atom. The van der Waals surface area contributed by atoms with Gasteiger partial charge in [0.05, 0.1) is 38.0 Å². The maximum absolute atomic E-state index is 13.0. The van der Waals surface area contributed by atoms with Crippen molar-refractivity contribution in [3.63, 3.8) is 0 Å². The number of anilines is 2. The molecule has 2 saturated carbocycles. The number of carbonyl (C=O) groups excluding carboxylic acids is 4. The molecule has 1 spiro atoms. The first-order valence-corrected chi connectivity index (χ1v) is 22.4. The summed E-state index contributed by atoms with van der Waals surface area (Å²) in [4.78, 5) is 72.2. The SMILES string of the molecule is CC(C)(O)c1cc2nc(C3CCCCC3)sc2cc1NC(=O)c1cccc(C(F)(F)F)n1.CN.CN1CC2(CC(CCNc3cccc4c3C(=O)N(C(C=O)CCC(=O)O)C4=O)C2)C1. The number of carbonyl (C=O) groups is 5. The number of nitrogens with two attached hydrogens (primary N) is 1. The second-order valence-electron chi connectivity index (χ2n) is 17.7. The number of aldehydes is 1. The molecule has 3 amide bonds. The molecule has 8 rings (SSSR count). The summed E-state index contributed by atoms with van der Waals surface area (Å²) in [6.07, 6.45) is 4.76. The second kappa shape index (κ2) is 19.8. The lowest BCUT2D eigenvalue weighted by atomic mass is 9.57. The van der Waals surface area contributed by atoms with Gasteiger partial charge in [-0.3, -0.25) is 24.1 Å². The van der Waals surface area contributed by atoms with Crippen LogP contribution < -0.4 is 16.4 Å². The van der Waals surface area contributed by atoms with Crippen molar-refractivity contribution in [3.05, 3.63) is 81.6 Å². The number of carboxylic acid groups (broad SMARTS) is 1. The number of alkyl halides is 3. The van der Waals surface area contributed by atoms with Crippen LogP contribution in [-0.2, 0) is 21.4 Å². The molecule has 4 heterocycles. The monoisotopic (exact) mass is 907 g/mol. The minimum atomic E-state index is -4.65. The van der Waals surface area contributed by atoms with Crippen molar-refractivity contribution < 1.29 is 47.4 Å². The molecule has 2 aromatic heterocycles. The second-order valence-corrected chi connectivity index (χ2v) is 18.7. The van der Waals surface area contributed by atoms with Gasteiger partial charge >= 0.3 is 12.1 Å². The molecule has 6 N–H and O–H groups in total. The largest absolute Gasteiger partial charge is 0.481 e.